The second-order valence-corrected chi connectivity index (χ2v) is 3.40. The standard InChI is InChI=1S/C9H12F2N2O/c1-5(2)8(14)7-4-6(9(10)11)12-13(7)3/h4-5,9H,1-3H3. The molecule has 0 atom stereocenters. The van der Waals surface area contributed by atoms with E-state index in [0.29, 0.717) is 0 Å². The molecule has 14 heavy (non-hydrogen) atoms. The van der Waals surface area contributed by atoms with Crippen LogP contribution >= 0.6 is 0 Å². The molecule has 0 aliphatic rings. The topological polar surface area (TPSA) is 34.9 Å². The minimum atomic E-state index is -2.63. The zero-order valence-corrected chi connectivity index (χ0v) is 8.29. The van der Waals surface area contributed by atoms with Crippen molar-refractivity contribution in [2.45, 2.75) is 20.3 Å². The fourth-order valence-corrected chi connectivity index (χ4v) is 1.12. The van der Waals surface area contributed by atoms with E-state index in [1.165, 1.54) is 11.7 Å². The van der Waals surface area contributed by atoms with Gasteiger partial charge in [-0.05, 0) is 6.07 Å². The molecule has 78 valence electrons. The van der Waals surface area contributed by atoms with Gasteiger partial charge in [0, 0.05) is 13.0 Å². The Kier molecular flexibility index (Phi) is 2.98. The molecule has 0 unspecified atom stereocenters. The molecule has 1 aromatic heterocycles. The van der Waals surface area contributed by atoms with Gasteiger partial charge in [-0.25, -0.2) is 8.78 Å². The average molecular weight is 202 g/mol. The van der Waals surface area contributed by atoms with Crippen LogP contribution in [0.5, 0.6) is 0 Å². The second kappa shape index (κ2) is 3.86. The molecule has 0 aromatic carbocycles. The van der Waals surface area contributed by atoms with Crippen molar-refractivity contribution in [3.8, 4) is 0 Å². The van der Waals surface area contributed by atoms with Crippen LogP contribution in [0, 0.1) is 5.92 Å². The van der Waals surface area contributed by atoms with Gasteiger partial charge in [-0.1, -0.05) is 13.8 Å². The Hall–Kier alpha value is -1.26. The van der Waals surface area contributed by atoms with Gasteiger partial charge >= 0.3 is 0 Å². The molecule has 0 radical (unpaired) electrons. The summed E-state index contributed by atoms with van der Waals surface area (Å²) in [6.45, 7) is 3.44. The molecule has 1 rings (SSSR count). The maximum atomic E-state index is 12.2. The van der Waals surface area contributed by atoms with Crippen molar-refractivity contribution in [3.63, 3.8) is 0 Å². The van der Waals surface area contributed by atoms with E-state index in [1.807, 2.05) is 0 Å². The van der Waals surface area contributed by atoms with Crippen LogP contribution in [0.25, 0.3) is 0 Å². The van der Waals surface area contributed by atoms with Gasteiger partial charge < -0.3 is 0 Å². The third kappa shape index (κ3) is 1.97. The van der Waals surface area contributed by atoms with Crippen molar-refractivity contribution in [1.82, 2.24) is 9.78 Å². The van der Waals surface area contributed by atoms with Crippen molar-refractivity contribution >= 4 is 5.78 Å². The maximum absolute atomic E-state index is 12.2. The third-order valence-corrected chi connectivity index (χ3v) is 1.90. The number of carbonyl (C=O) groups excluding carboxylic acids is 1. The molecular formula is C9H12F2N2O. The number of Topliss-reactive ketones (excluding diaryl/α,β-unsaturated/α-hetero) is 1. The molecule has 0 fully saturated rings. The summed E-state index contributed by atoms with van der Waals surface area (Å²) >= 11 is 0. The molecule has 0 aliphatic carbocycles. The fourth-order valence-electron chi connectivity index (χ4n) is 1.12. The molecule has 0 saturated carbocycles. The second-order valence-electron chi connectivity index (χ2n) is 3.40. The Morgan fingerprint density at radius 2 is 2.07 bits per heavy atom. The Bertz CT molecular complexity index is 345. The molecule has 5 heteroatoms. The summed E-state index contributed by atoms with van der Waals surface area (Å²) in [6.07, 6.45) is -2.63. The van der Waals surface area contributed by atoms with Gasteiger partial charge in [0.25, 0.3) is 6.43 Å². The lowest BCUT2D eigenvalue weighted by Crippen LogP contribution is -2.12. The van der Waals surface area contributed by atoms with Crippen molar-refractivity contribution in [1.29, 1.82) is 0 Å². The first kappa shape index (κ1) is 10.8. The lowest BCUT2D eigenvalue weighted by molar-refractivity contribution is 0.0930. The van der Waals surface area contributed by atoms with Gasteiger partial charge in [0.2, 0.25) is 0 Å². The Morgan fingerprint density at radius 3 is 2.43 bits per heavy atom. The van der Waals surface area contributed by atoms with E-state index in [9.17, 15) is 13.6 Å². The van der Waals surface area contributed by atoms with Crippen LogP contribution in [0.1, 0.15) is 36.5 Å². The number of nitrogens with zero attached hydrogens (tertiary/aromatic N) is 2. The summed E-state index contributed by atoms with van der Waals surface area (Å²) in [7, 11) is 1.49. The van der Waals surface area contributed by atoms with E-state index in [1.54, 1.807) is 13.8 Å². The van der Waals surface area contributed by atoms with Gasteiger partial charge in [0.15, 0.2) is 5.78 Å². The lowest BCUT2D eigenvalue weighted by atomic mass is 10.1. The van der Waals surface area contributed by atoms with Crippen LogP contribution in [-0.4, -0.2) is 15.6 Å². The van der Waals surface area contributed by atoms with Crippen LogP contribution in [0.15, 0.2) is 6.07 Å². The minimum Gasteiger partial charge on any atom is -0.292 e. The normalized spacial score (nSPS) is 11.4. The van der Waals surface area contributed by atoms with Gasteiger partial charge in [-0.3, -0.25) is 9.48 Å². The summed E-state index contributed by atoms with van der Waals surface area (Å²) in [5, 5.41) is 3.56. The highest BCUT2D eigenvalue weighted by Crippen LogP contribution is 2.19. The predicted octanol–water partition coefficient (Wildman–Crippen LogP) is 2.20. The molecule has 3 nitrogen and oxygen atoms in total. The monoisotopic (exact) mass is 202 g/mol. The minimum absolute atomic E-state index is 0.174. The van der Waals surface area contributed by atoms with Crippen LogP contribution in [0.3, 0.4) is 0 Å². The Labute approximate surface area is 80.7 Å². The molecule has 1 heterocycles. The van der Waals surface area contributed by atoms with Gasteiger partial charge in [-0.2, -0.15) is 5.10 Å². The molecule has 0 saturated heterocycles. The molecule has 0 amide bonds. The summed E-state index contributed by atoms with van der Waals surface area (Å²) in [5.41, 5.74) is -0.119. The highest BCUT2D eigenvalue weighted by molar-refractivity contribution is 5.95. The van der Waals surface area contributed by atoms with Gasteiger partial charge in [0.1, 0.15) is 11.4 Å². The number of aromatic nitrogens is 2. The molecule has 1 aromatic rings. The summed E-state index contributed by atoms with van der Waals surface area (Å²) in [6, 6.07) is 1.15. The van der Waals surface area contributed by atoms with Gasteiger partial charge in [0.05, 0.1) is 0 Å². The highest BCUT2D eigenvalue weighted by Gasteiger charge is 2.19. The van der Waals surface area contributed by atoms with Crippen molar-refractivity contribution in [2.75, 3.05) is 0 Å². The number of rotatable bonds is 3. The van der Waals surface area contributed by atoms with E-state index in [4.69, 9.17) is 0 Å². The smallest absolute Gasteiger partial charge is 0.282 e. The highest BCUT2D eigenvalue weighted by atomic mass is 19.3. The molecule has 0 bridgehead atoms. The largest absolute Gasteiger partial charge is 0.292 e. The van der Waals surface area contributed by atoms with Crippen molar-refractivity contribution in [3.05, 3.63) is 17.5 Å². The SMILES string of the molecule is CC(C)C(=O)c1cc(C(F)F)nn1C. The zero-order valence-electron chi connectivity index (χ0n) is 8.29. The van der Waals surface area contributed by atoms with E-state index in [0.717, 1.165) is 6.07 Å². The van der Waals surface area contributed by atoms with Crippen LogP contribution in [0.4, 0.5) is 8.78 Å². The first-order valence-corrected chi connectivity index (χ1v) is 4.29. The van der Waals surface area contributed by atoms with E-state index < -0.39 is 6.43 Å². The number of alkyl halides is 2. The van der Waals surface area contributed by atoms with Crippen LogP contribution in [0.2, 0.25) is 0 Å². The molecule has 0 spiro atoms. The number of hydrogen-bond donors (Lipinski definition) is 0. The molecule has 0 aliphatic heterocycles. The summed E-state index contributed by atoms with van der Waals surface area (Å²) in [4.78, 5) is 11.5. The van der Waals surface area contributed by atoms with Gasteiger partial charge in [-0.15, -0.1) is 0 Å². The summed E-state index contributed by atoms with van der Waals surface area (Å²) in [5.74, 6) is -0.386. The maximum Gasteiger partial charge on any atom is 0.282 e. The van der Waals surface area contributed by atoms with Crippen molar-refractivity contribution in [2.24, 2.45) is 13.0 Å². The third-order valence-electron chi connectivity index (χ3n) is 1.90. The summed E-state index contributed by atoms with van der Waals surface area (Å²) < 4.78 is 25.7. The van der Waals surface area contributed by atoms with Crippen LogP contribution in [-0.2, 0) is 7.05 Å². The predicted molar refractivity (Wildman–Crippen MR) is 47.3 cm³/mol. The number of hydrogen-bond acceptors (Lipinski definition) is 2. The van der Waals surface area contributed by atoms with E-state index in [-0.39, 0.29) is 23.1 Å². The quantitative estimate of drug-likeness (QED) is 0.704. The molecular weight excluding hydrogens is 190 g/mol. The Balaban J connectivity index is 3.04. The number of halogens is 2. The van der Waals surface area contributed by atoms with E-state index >= 15 is 0 Å². The number of ketones is 1. The van der Waals surface area contributed by atoms with E-state index in [2.05, 4.69) is 5.10 Å². The first-order valence-electron chi connectivity index (χ1n) is 4.29. The number of carbonyl (C=O) groups is 1. The lowest BCUT2D eigenvalue weighted by Gasteiger charge is -2.02. The Morgan fingerprint density at radius 1 is 1.50 bits per heavy atom. The van der Waals surface area contributed by atoms with Crippen molar-refractivity contribution < 1.29 is 13.6 Å². The number of aryl methyl sites for hydroxylation is 1. The average Bonchev–Trinajstić information content (AvgIpc) is 2.46. The zero-order chi connectivity index (χ0) is 10.9. The first-order chi connectivity index (χ1) is 6.43. The molecule has 0 N–H and O–H groups in total. The fraction of sp³-hybridized carbons (Fsp3) is 0.556. The van der Waals surface area contributed by atoms with Crippen LogP contribution < -0.4 is 0 Å².